The summed E-state index contributed by atoms with van der Waals surface area (Å²) in [5.41, 5.74) is 1.05. The van der Waals surface area contributed by atoms with Gasteiger partial charge in [-0.15, -0.1) is 0 Å². The maximum atomic E-state index is 12.4. The molecule has 0 bridgehead atoms. The molecule has 3 amide bonds. The normalized spacial score (nSPS) is 22.7. The van der Waals surface area contributed by atoms with Gasteiger partial charge in [-0.25, -0.2) is 4.79 Å². The molecule has 0 N–H and O–H groups in total. The summed E-state index contributed by atoms with van der Waals surface area (Å²) in [6.45, 7) is 4.87. The Hall–Kier alpha value is -2.04. The van der Waals surface area contributed by atoms with Crippen molar-refractivity contribution in [3.63, 3.8) is 0 Å². The maximum Gasteiger partial charge on any atom is 0.327 e. The predicted molar refractivity (Wildman–Crippen MR) is 82.7 cm³/mol. The number of rotatable bonds is 4. The third-order valence-corrected chi connectivity index (χ3v) is 4.39. The van der Waals surface area contributed by atoms with Crippen LogP contribution in [0.15, 0.2) is 24.3 Å². The van der Waals surface area contributed by atoms with E-state index in [1.54, 1.807) is 4.90 Å². The number of hydrogen-bond donors (Lipinski definition) is 0. The number of ether oxygens (including phenoxy) is 1. The molecule has 0 saturated carbocycles. The SMILES string of the molecule is Cc1ccccc1O[C@H](C)CN1C(=O)[C@@H]2CCCCN2C1=O. The van der Waals surface area contributed by atoms with Gasteiger partial charge in [0, 0.05) is 6.54 Å². The Balaban J connectivity index is 1.66. The minimum atomic E-state index is -0.244. The number of carbonyl (C=O) groups is 2. The Morgan fingerprint density at radius 2 is 2.05 bits per heavy atom. The second-order valence-corrected chi connectivity index (χ2v) is 6.13. The molecule has 0 radical (unpaired) electrons. The van der Waals surface area contributed by atoms with Crippen LogP contribution >= 0.6 is 0 Å². The monoisotopic (exact) mass is 302 g/mol. The molecule has 5 heteroatoms. The quantitative estimate of drug-likeness (QED) is 0.803. The molecule has 2 saturated heterocycles. The van der Waals surface area contributed by atoms with E-state index >= 15 is 0 Å². The van der Waals surface area contributed by atoms with Crippen LogP contribution in [0, 0.1) is 6.92 Å². The molecule has 2 aliphatic heterocycles. The number of piperidine rings is 1. The Morgan fingerprint density at radius 1 is 1.27 bits per heavy atom. The summed E-state index contributed by atoms with van der Waals surface area (Å²) < 4.78 is 5.89. The number of hydrogen-bond acceptors (Lipinski definition) is 3. The van der Waals surface area contributed by atoms with Crippen molar-refractivity contribution in [3.05, 3.63) is 29.8 Å². The third kappa shape index (κ3) is 2.67. The van der Waals surface area contributed by atoms with Crippen molar-refractivity contribution in [1.29, 1.82) is 0 Å². The first-order valence-electron chi connectivity index (χ1n) is 7.92. The van der Waals surface area contributed by atoms with Gasteiger partial charge in [0.1, 0.15) is 17.9 Å². The highest BCUT2D eigenvalue weighted by molar-refractivity contribution is 6.04. The van der Waals surface area contributed by atoms with Gasteiger partial charge in [-0.2, -0.15) is 0 Å². The van der Waals surface area contributed by atoms with Crippen molar-refractivity contribution in [3.8, 4) is 5.75 Å². The lowest BCUT2D eigenvalue weighted by atomic mass is 10.0. The van der Waals surface area contributed by atoms with Gasteiger partial charge in [-0.3, -0.25) is 9.69 Å². The van der Waals surface area contributed by atoms with Crippen molar-refractivity contribution in [2.75, 3.05) is 13.1 Å². The van der Waals surface area contributed by atoms with Crippen molar-refractivity contribution < 1.29 is 14.3 Å². The fourth-order valence-corrected chi connectivity index (χ4v) is 3.21. The van der Waals surface area contributed by atoms with Crippen LogP contribution in [0.3, 0.4) is 0 Å². The summed E-state index contributed by atoms with van der Waals surface area (Å²) in [5.74, 6) is 0.733. The highest BCUT2D eigenvalue weighted by atomic mass is 16.5. The van der Waals surface area contributed by atoms with Gasteiger partial charge in [0.15, 0.2) is 0 Å². The minimum absolute atomic E-state index is 0.0649. The zero-order chi connectivity index (χ0) is 15.7. The molecule has 118 valence electrons. The molecule has 22 heavy (non-hydrogen) atoms. The van der Waals surface area contributed by atoms with Gasteiger partial charge >= 0.3 is 6.03 Å². The van der Waals surface area contributed by atoms with Crippen molar-refractivity contribution >= 4 is 11.9 Å². The molecule has 0 unspecified atom stereocenters. The number of urea groups is 1. The lowest BCUT2D eigenvalue weighted by Gasteiger charge is -2.26. The first kappa shape index (κ1) is 14.9. The lowest BCUT2D eigenvalue weighted by molar-refractivity contribution is -0.129. The third-order valence-electron chi connectivity index (χ3n) is 4.39. The zero-order valence-corrected chi connectivity index (χ0v) is 13.1. The van der Waals surface area contributed by atoms with Gasteiger partial charge in [0.25, 0.3) is 5.91 Å². The van der Waals surface area contributed by atoms with Crippen LogP contribution in [-0.2, 0) is 4.79 Å². The van der Waals surface area contributed by atoms with E-state index in [9.17, 15) is 9.59 Å². The molecule has 0 spiro atoms. The van der Waals surface area contributed by atoms with Crippen LogP contribution in [0.25, 0.3) is 0 Å². The molecule has 0 aromatic heterocycles. The number of carbonyl (C=O) groups excluding carboxylic acids is 2. The van der Waals surface area contributed by atoms with Crippen molar-refractivity contribution in [2.24, 2.45) is 0 Å². The number of nitrogens with zero attached hydrogens (tertiary/aromatic N) is 2. The van der Waals surface area contributed by atoms with Gasteiger partial charge in [0.05, 0.1) is 6.54 Å². The first-order chi connectivity index (χ1) is 10.6. The molecule has 1 aromatic carbocycles. The molecule has 3 rings (SSSR count). The van der Waals surface area contributed by atoms with E-state index in [1.807, 2.05) is 38.1 Å². The Labute approximate surface area is 130 Å². The molecule has 2 fully saturated rings. The topological polar surface area (TPSA) is 49.9 Å². The Morgan fingerprint density at radius 3 is 2.77 bits per heavy atom. The van der Waals surface area contributed by atoms with Crippen LogP contribution in [-0.4, -0.2) is 47.0 Å². The van der Waals surface area contributed by atoms with Gasteiger partial charge in [0.2, 0.25) is 0 Å². The van der Waals surface area contributed by atoms with E-state index in [-0.39, 0.29) is 24.1 Å². The summed E-state index contributed by atoms with van der Waals surface area (Å²) in [6, 6.07) is 7.36. The number of para-hydroxylation sites is 1. The Bertz CT molecular complexity index is 563. The zero-order valence-electron chi connectivity index (χ0n) is 13.1. The van der Waals surface area contributed by atoms with Gasteiger partial charge in [-0.05, 0) is 44.7 Å². The van der Waals surface area contributed by atoms with Crippen molar-refractivity contribution in [2.45, 2.75) is 45.3 Å². The van der Waals surface area contributed by atoms with E-state index < -0.39 is 0 Å². The second-order valence-electron chi connectivity index (χ2n) is 6.13. The van der Waals surface area contributed by atoms with E-state index in [2.05, 4.69) is 0 Å². The largest absolute Gasteiger partial charge is 0.489 e. The molecule has 5 nitrogen and oxygen atoms in total. The molecule has 2 aliphatic rings. The lowest BCUT2D eigenvalue weighted by Crippen LogP contribution is -2.40. The van der Waals surface area contributed by atoms with Gasteiger partial charge < -0.3 is 9.64 Å². The maximum absolute atomic E-state index is 12.4. The van der Waals surface area contributed by atoms with E-state index in [4.69, 9.17) is 4.74 Å². The standard InChI is InChI=1S/C17H22N2O3/c1-12-7-3-4-9-15(12)22-13(2)11-19-16(20)14-8-5-6-10-18(14)17(19)21/h3-4,7,9,13-14H,5-6,8,10-11H2,1-2H3/t13-,14+/m1/s1. The minimum Gasteiger partial charge on any atom is -0.489 e. The summed E-state index contributed by atoms with van der Waals surface area (Å²) in [6.07, 6.45) is 2.56. The molecule has 0 aliphatic carbocycles. The molecule has 2 atom stereocenters. The van der Waals surface area contributed by atoms with Crippen LogP contribution in [0.5, 0.6) is 5.75 Å². The molecular weight excluding hydrogens is 280 g/mol. The van der Waals surface area contributed by atoms with Crippen LogP contribution < -0.4 is 4.74 Å². The summed E-state index contributed by atoms with van der Waals surface area (Å²) >= 11 is 0. The molecule has 2 heterocycles. The van der Waals surface area contributed by atoms with E-state index in [0.717, 1.165) is 30.6 Å². The average Bonchev–Trinajstić information content (AvgIpc) is 2.75. The number of imide groups is 1. The van der Waals surface area contributed by atoms with E-state index in [0.29, 0.717) is 13.1 Å². The van der Waals surface area contributed by atoms with Crippen molar-refractivity contribution in [1.82, 2.24) is 9.80 Å². The summed E-state index contributed by atoms with van der Waals surface area (Å²) in [4.78, 5) is 27.9. The average molecular weight is 302 g/mol. The highest BCUT2D eigenvalue weighted by Gasteiger charge is 2.46. The number of fused-ring (bicyclic) bond motifs is 1. The van der Waals surface area contributed by atoms with Gasteiger partial charge in [-0.1, -0.05) is 18.2 Å². The summed E-state index contributed by atoms with van der Waals surface area (Å²) in [5, 5.41) is 0. The number of amides is 3. The fraction of sp³-hybridized carbons (Fsp3) is 0.529. The first-order valence-corrected chi connectivity index (χ1v) is 7.92. The van der Waals surface area contributed by atoms with E-state index in [1.165, 1.54) is 4.90 Å². The predicted octanol–water partition coefficient (Wildman–Crippen LogP) is 2.58. The van der Waals surface area contributed by atoms with Crippen LogP contribution in [0.4, 0.5) is 4.79 Å². The number of benzene rings is 1. The fourth-order valence-electron chi connectivity index (χ4n) is 3.21. The Kier molecular flexibility index (Phi) is 4.05. The highest BCUT2D eigenvalue weighted by Crippen LogP contribution is 2.27. The molecular formula is C17H22N2O3. The smallest absolute Gasteiger partial charge is 0.327 e. The van der Waals surface area contributed by atoms with Crippen LogP contribution in [0.1, 0.15) is 31.7 Å². The van der Waals surface area contributed by atoms with Crippen LogP contribution in [0.2, 0.25) is 0 Å². The number of aryl methyl sites for hydroxylation is 1. The second kappa shape index (κ2) is 5.99. The molecule has 1 aromatic rings. The summed E-state index contributed by atoms with van der Waals surface area (Å²) in [7, 11) is 0.